The van der Waals surface area contributed by atoms with E-state index in [1.165, 1.54) is 12.8 Å². The van der Waals surface area contributed by atoms with Gasteiger partial charge in [-0.2, -0.15) is 12.6 Å². The van der Waals surface area contributed by atoms with E-state index in [4.69, 9.17) is 0 Å². The molecule has 0 aromatic heterocycles. The molecule has 0 aliphatic rings. The molecule has 40 valence electrons. The highest BCUT2D eigenvalue weighted by atomic mass is 32.1. The molecule has 0 amide bonds. The molecule has 0 nitrogen and oxygen atoms in total. The molecule has 0 aliphatic carbocycles. The summed E-state index contributed by atoms with van der Waals surface area (Å²) >= 11 is 4.00. The van der Waals surface area contributed by atoms with Crippen LogP contribution in [0.15, 0.2) is 0 Å². The average molecular weight is 110 g/mol. The minimum absolute atomic E-state index is 0. The van der Waals surface area contributed by atoms with Gasteiger partial charge in [0.2, 0.25) is 0 Å². The molecule has 0 radical (unpaired) electrons. The molecule has 0 aromatic carbocycles. The largest absolute Gasteiger partial charge is 0.269 e. The fourth-order valence-electron chi connectivity index (χ4n) is 0.158. The van der Waals surface area contributed by atoms with Crippen LogP contribution in [0.4, 0.5) is 4.70 Å². The van der Waals surface area contributed by atoms with Gasteiger partial charge in [0.25, 0.3) is 0 Å². The van der Waals surface area contributed by atoms with Crippen LogP contribution >= 0.6 is 12.6 Å². The van der Waals surface area contributed by atoms with Gasteiger partial charge in [0.15, 0.2) is 0 Å². The second-order valence-electron chi connectivity index (χ2n) is 1.08. The molecule has 0 aliphatic heterocycles. The monoisotopic (exact) mass is 110 g/mol. The van der Waals surface area contributed by atoms with E-state index < -0.39 is 0 Å². The lowest BCUT2D eigenvalue weighted by Crippen LogP contribution is -1.65. The molecule has 0 N–H and O–H groups in total. The maximum atomic E-state index is 4.00. The highest BCUT2D eigenvalue weighted by Crippen LogP contribution is 1.85. The van der Waals surface area contributed by atoms with Crippen LogP contribution in [-0.2, 0) is 0 Å². The molecule has 0 aromatic rings. The zero-order valence-electron chi connectivity index (χ0n) is 3.98. The Kier molecular flexibility index (Phi) is 14.3. The van der Waals surface area contributed by atoms with Gasteiger partial charge in [0, 0.05) is 0 Å². The Hall–Kier alpha value is 0.280. The fraction of sp³-hybridized carbons (Fsp3) is 1.00. The lowest BCUT2D eigenvalue weighted by molar-refractivity contribution is 0.899. The summed E-state index contributed by atoms with van der Waals surface area (Å²) in [6.45, 7) is 2.16. The first kappa shape index (κ1) is 9.56. The molecule has 0 spiro atoms. The van der Waals surface area contributed by atoms with Gasteiger partial charge in [-0.05, 0) is 12.2 Å². The zero-order chi connectivity index (χ0) is 4.12. The fourth-order valence-corrected chi connectivity index (χ4v) is 0.474. The Labute approximate surface area is 43.7 Å². The lowest BCUT2D eigenvalue weighted by atomic mass is 10.4. The molecule has 0 saturated heterocycles. The van der Waals surface area contributed by atoms with Gasteiger partial charge >= 0.3 is 0 Å². The van der Waals surface area contributed by atoms with Crippen molar-refractivity contribution < 1.29 is 4.70 Å². The second-order valence-corrected chi connectivity index (χ2v) is 1.52. The van der Waals surface area contributed by atoms with E-state index in [-0.39, 0.29) is 4.70 Å². The van der Waals surface area contributed by atoms with Crippen LogP contribution in [-0.4, -0.2) is 5.75 Å². The first-order chi connectivity index (χ1) is 2.41. The van der Waals surface area contributed by atoms with Crippen molar-refractivity contribution in [1.82, 2.24) is 0 Å². The summed E-state index contributed by atoms with van der Waals surface area (Å²) in [5.74, 6) is 1.04. The maximum absolute atomic E-state index is 4.00. The summed E-state index contributed by atoms with van der Waals surface area (Å²) < 4.78 is 0. The molecule has 0 atom stereocenters. The summed E-state index contributed by atoms with van der Waals surface area (Å²) in [5, 5.41) is 0. The van der Waals surface area contributed by atoms with Crippen molar-refractivity contribution >= 4 is 12.6 Å². The molecule has 0 bridgehead atoms. The van der Waals surface area contributed by atoms with E-state index in [1.54, 1.807) is 0 Å². The van der Waals surface area contributed by atoms with E-state index in [9.17, 15) is 0 Å². The Morgan fingerprint density at radius 2 is 2.00 bits per heavy atom. The third-order valence-electron chi connectivity index (χ3n) is 0.512. The summed E-state index contributed by atoms with van der Waals surface area (Å²) in [5.41, 5.74) is 0. The van der Waals surface area contributed by atoms with E-state index in [1.807, 2.05) is 0 Å². The van der Waals surface area contributed by atoms with Crippen molar-refractivity contribution in [2.75, 3.05) is 5.75 Å². The standard InChI is InChI=1S/C4H10S.FH/c1-2-3-4-5;/h5H,2-4H2,1H3;1H. The Bertz CT molecular complexity index is 15.0. The number of thiol groups is 1. The van der Waals surface area contributed by atoms with Crippen molar-refractivity contribution in [1.29, 1.82) is 0 Å². The normalized spacial score (nSPS) is 7.00. The number of hydrogen-bond donors (Lipinski definition) is 1. The van der Waals surface area contributed by atoms with Crippen LogP contribution in [0.25, 0.3) is 0 Å². The summed E-state index contributed by atoms with van der Waals surface area (Å²) in [6.07, 6.45) is 2.52. The number of rotatable bonds is 2. The maximum Gasteiger partial charge on any atom is -0.00980 e. The predicted octanol–water partition coefficient (Wildman–Crippen LogP) is 1.87. The summed E-state index contributed by atoms with van der Waals surface area (Å²) in [6, 6.07) is 0. The molecule has 0 unspecified atom stereocenters. The van der Waals surface area contributed by atoms with Crippen LogP contribution in [0.1, 0.15) is 19.8 Å². The SMILES string of the molecule is CCCCS.F. The van der Waals surface area contributed by atoms with Crippen LogP contribution in [0, 0.1) is 0 Å². The highest BCUT2D eigenvalue weighted by molar-refractivity contribution is 7.80. The van der Waals surface area contributed by atoms with Crippen LogP contribution < -0.4 is 0 Å². The van der Waals surface area contributed by atoms with Gasteiger partial charge in [0.05, 0.1) is 0 Å². The molecule has 2 heteroatoms. The molecular weight excluding hydrogens is 99.1 g/mol. The van der Waals surface area contributed by atoms with Gasteiger partial charge in [0.1, 0.15) is 0 Å². The average Bonchev–Trinajstić information content (AvgIpc) is 1.41. The molecule has 6 heavy (non-hydrogen) atoms. The smallest absolute Gasteiger partial charge is 0.00980 e. The Balaban J connectivity index is 0. The highest BCUT2D eigenvalue weighted by Gasteiger charge is 1.68. The van der Waals surface area contributed by atoms with Crippen molar-refractivity contribution in [2.45, 2.75) is 19.8 Å². The Morgan fingerprint density at radius 1 is 1.50 bits per heavy atom. The predicted molar refractivity (Wildman–Crippen MR) is 31.3 cm³/mol. The number of hydrogen-bond acceptors (Lipinski definition) is 1. The third kappa shape index (κ3) is 8.86. The topological polar surface area (TPSA) is 0 Å². The first-order valence-electron chi connectivity index (χ1n) is 2.02. The molecule has 0 fully saturated rings. The molecule has 0 saturated carbocycles. The van der Waals surface area contributed by atoms with E-state index in [2.05, 4.69) is 19.6 Å². The zero-order valence-corrected chi connectivity index (χ0v) is 4.87. The van der Waals surface area contributed by atoms with Gasteiger partial charge in [-0.3, -0.25) is 4.70 Å². The lowest BCUT2D eigenvalue weighted by Gasteiger charge is -1.78. The van der Waals surface area contributed by atoms with E-state index in [0.717, 1.165) is 5.75 Å². The molecule has 0 rings (SSSR count). The first-order valence-corrected chi connectivity index (χ1v) is 2.66. The van der Waals surface area contributed by atoms with Crippen LogP contribution in [0.5, 0.6) is 0 Å². The summed E-state index contributed by atoms with van der Waals surface area (Å²) in [4.78, 5) is 0. The minimum Gasteiger partial charge on any atom is -0.269 e. The molecular formula is C4H11FS. The van der Waals surface area contributed by atoms with Crippen molar-refractivity contribution in [3.8, 4) is 0 Å². The third-order valence-corrected chi connectivity index (χ3v) is 0.828. The summed E-state index contributed by atoms with van der Waals surface area (Å²) in [7, 11) is 0. The van der Waals surface area contributed by atoms with Crippen molar-refractivity contribution in [3.05, 3.63) is 0 Å². The molecule has 0 heterocycles. The second kappa shape index (κ2) is 8.99. The van der Waals surface area contributed by atoms with Gasteiger partial charge in [-0.15, -0.1) is 0 Å². The van der Waals surface area contributed by atoms with Gasteiger partial charge in [-0.1, -0.05) is 13.3 Å². The number of halogens is 1. The van der Waals surface area contributed by atoms with Gasteiger partial charge < -0.3 is 0 Å². The van der Waals surface area contributed by atoms with Crippen LogP contribution in [0.3, 0.4) is 0 Å². The van der Waals surface area contributed by atoms with Gasteiger partial charge in [-0.25, -0.2) is 0 Å². The Morgan fingerprint density at radius 3 is 2.00 bits per heavy atom. The van der Waals surface area contributed by atoms with Crippen molar-refractivity contribution in [3.63, 3.8) is 0 Å². The van der Waals surface area contributed by atoms with E-state index in [0.29, 0.717) is 0 Å². The minimum atomic E-state index is 0. The number of unbranched alkanes of at least 4 members (excludes halogenated alkanes) is 1. The quantitative estimate of drug-likeness (QED) is 0.515. The van der Waals surface area contributed by atoms with Crippen LogP contribution in [0.2, 0.25) is 0 Å². The van der Waals surface area contributed by atoms with E-state index >= 15 is 0 Å². The van der Waals surface area contributed by atoms with Crippen molar-refractivity contribution in [2.24, 2.45) is 0 Å².